The molecule has 0 aliphatic carbocycles. The van der Waals surface area contributed by atoms with Gasteiger partial charge in [-0.15, -0.1) is 0 Å². The highest BCUT2D eigenvalue weighted by Crippen LogP contribution is 2.46. The van der Waals surface area contributed by atoms with E-state index in [1.807, 2.05) is 0 Å². The van der Waals surface area contributed by atoms with Crippen molar-refractivity contribution in [3.63, 3.8) is 0 Å². The molecule has 0 fully saturated rings. The molecule has 0 saturated heterocycles. The fourth-order valence-electron chi connectivity index (χ4n) is 1.33. The molecule has 1 atom stereocenters. The number of nitrogen functional groups attached to an aromatic ring is 1. The summed E-state index contributed by atoms with van der Waals surface area (Å²) in [5.41, 5.74) is 5.34. The standard InChI is InChI=1S/C12H18ClFNO4P/c1-3-20(16,19-5-4-17-2)8-18-12-7-11(15)10(14)6-9(12)13/h6-7H,3-5,8,15H2,1-2H3. The van der Waals surface area contributed by atoms with Crippen molar-refractivity contribution >= 4 is 24.7 Å². The summed E-state index contributed by atoms with van der Waals surface area (Å²) in [4.78, 5) is 0. The van der Waals surface area contributed by atoms with Gasteiger partial charge in [-0.1, -0.05) is 18.5 Å². The van der Waals surface area contributed by atoms with E-state index in [-0.39, 0.29) is 29.4 Å². The molecular weight excluding hydrogens is 308 g/mol. The number of methoxy groups -OCH3 is 1. The molecule has 0 bridgehead atoms. The van der Waals surface area contributed by atoms with Crippen LogP contribution in [0.4, 0.5) is 10.1 Å². The van der Waals surface area contributed by atoms with E-state index in [9.17, 15) is 8.96 Å². The molecule has 0 radical (unpaired) electrons. The SMILES string of the molecule is CCP(=O)(COc1cc(N)c(F)cc1Cl)OCCOC. The van der Waals surface area contributed by atoms with Crippen molar-refractivity contribution in [1.29, 1.82) is 0 Å². The molecule has 0 amide bonds. The predicted molar refractivity (Wildman–Crippen MR) is 77.3 cm³/mol. The number of benzene rings is 1. The largest absolute Gasteiger partial charge is 0.482 e. The zero-order valence-electron chi connectivity index (χ0n) is 11.4. The second kappa shape index (κ2) is 7.84. The van der Waals surface area contributed by atoms with Gasteiger partial charge in [-0.3, -0.25) is 4.57 Å². The van der Waals surface area contributed by atoms with Crippen LogP contribution in [0.1, 0.15) is 6.92 Å². The fraction of sp³-hybridized carbons (Fsp3) is 0.500. The van der Waals surface area contributed by atoms with Crippen LogP contribution in [-0.2, 0) is 13.8 Å². The van der Waals surface area contributed by atoms with Crippen molar-refractivity contribution in [2.24, 2.45) is 0 Å². The van der Waals surface area contributed by atoms with Crippen LogP contribution in [0.25, 0.3) is 0 Å². The van der Waals surface area contributed by atoms with E-state index >= 15 is 0 Å². The first-order valence-electron chi connectivity index (χ1n) is 6.00. The monoisotopic (exact) mass is 325 g/mol. The summed E-state index contributed by atoms with van der Waals surface area (Å²) in [6, 6.07) is 2.31. The Bertz CT molecular complexity index is 501. The molecule has 1 aromatic carbocycles. The molecule has 1 aromatic rings. The summed E-state index contributed by atoms with van der Waals surface area (Å²) in [6.45, 7) is 2.29. The van der Waals surface area contributed by atoms with Crippen molar-refractivity contribution in [3.05, 3.63) is 23.0 Å². The average Bonchev–Trinajstić information content (AvgIpc) is 2.42. The first-order chi connectivity index (χ1) is 9.41. The lowest BCUT2D eigenvalue weighted by Gasteiger charge is -2.18. The van der Waals surface area contributed by atoms with Crippen molar-refractivity contribution < 1.29 is 23.0 Å². The van der Waals surface area contributed by atoms with Crippen LogP contribution < -0.4 is 10.5 Å². The molecule has 0 aromatic heterocycles. The Balaban J connectivity index is 2.69. The summed E-state index contributed by atoms with van der Waals surface area (Å²) in [7, 11) is -1.41. The topological polar surface area (TPSA) is 70.8 Å². The van der Waals surface area contributed by atoms with Gasteiger partial charge in [0.25, 0.3) is 0 Å². The molecule has 2 N–H and O–H groups in total. The Hall–Kier alpha value is -0.810. The number of hydrogen-bond donors (Lipinski definition) is 1. The van der Waals surface area contributed by atoms with Gasteiger partial charge in [0.1, 0.15) is 11.6 Å². The molecule has 0 saturated carbocycles. The zero-order chi connectivity index (χ0) is 15.2. The molecule has 8 heteroatoms. The number of ether oxygens (including phenoxy) is 2. The summed E-state index contributed by atoms with van der Waals surface area (Å²) >= 11 is 5.83. The maximum Gasteiger partial charge on any atom is 0.239 e. The summed E-state index contributed by atoms with van der Waals surface area (Å²) in [6.07, 6.45) is 0.156. The van der Waals surface area contributed by atoms with Crippen LogP contribution >= 0.6 is 19.0 Å². The normalized spacial score (nSPS) is 14.0. The summed E-state index contributed by atoms with van der Waals surface area (Å²) < 4.78 is 41.0. The molecular formula is C12H18ClFNO4P. The third-order valence-corrected chi connectivity index (χ3v) is 5.00. The highest BCUT2D eigenvalue weighted by Gasteiger charge is 2.22. The third kappa shape index (κ3) is 4.94. The van der Waals surface area contributed by atoms with Crippen molar-refractivity contribution in [1.82, 2.24) is 0 Å². The van der Waals surface area contributed by atoms with Crippen LogP contribution in [0.3, 0.4) is 0 Å². The maximum atomic E-state index is 13.1. The molecule has 0 spiro atoms. The van der Waals surface area contributed by atoms with E-state index < -0.39 is 13.2 Å². The van der Waals surface area contributed by atoms with Gasteiger partial charge >= 0.3 is 0 Å². The van der Waals surface area contributed by atoms with Gasteiger partial charge in [0.15, 0.2) is 6.35 Å². The molecule has 5 nitrogen and oxygen atoms in total. The summed E-state index contributed by atoms with van der Waals surface area (Å²) in [5.74, 6) is -0.452. The number of nitrogens with two attached hydrogens (primary N) is 1. The lowest BCUT2D eigenvalue weighted by atomic mass is 10.3. The van der Waals surface area contributed by atoms with Crippen molar-refractivity contribution in [3.8, 4) is 5.75 Å². The minimum atomic E-state index is -2.94. The van der Waals surface area contributed by atoms with Gasteiger partial charge in [0, 0.05) is 19.3 Å². The van der Waals surface area contributed by atoms with E-state index in [4.69, 9.17) is 31.3 Å². The second-order valence-electron chi connectivity index (χ2n) is 4.03. The number of halogens is 2. The highest BCUT2D eigenvalue weighted by molar-refractivity contribution is 7.58. The number of hydrogen-bond acceptors (Lipinski definition) is 5. The Morgan fingerprint density at radius 3 is 2.70 bits per heavy atom. The molecule has 20 heavy (non-hydrogen) atoms. The Labute approximate surface area is 122 Å². The quantitative estimate of drug-likeness (QED) is 0.451. The van der Waals surface area contributed by atoms with Crippen LogP contribution in [0, 0.1) is 5.82 Å². The van der Waals surface area contributed by atoms with Gasteiger partial charge in [0.2, 0.25) is 7.37 Å². The second-order valence-corrected chi connectivity index (χ2v) is 7.22. The molecule has 1 unspecified atom stereocenters. The average molecular weight is 326 g/mol. The van der Waals surface area contributed by atoms with Crippen LogP contribution in [0.2, 0.25) is 5.02 Å². The first-order valence-corrected chi connectivity index (χ1v) is 8.38. The van der Waals surface area contributed by atoms with Crippen LogP contribution in [0.15, 0.2) is 12.1 Å². The van der Waals surface area contributed by atoms with Crippen molar-refractivity contribution in [2.75, 3.05) is 38.6 Å². The maximum absolute atomic E-state index is 13.1. The fourth-order valence-corrected chi connectivity index (χ4v) is 2.72. The smallest absolute Gasteiger partial charge is 0.239 e. The Morgan fingerprint density at radius 1 is 1.40 bits per heavy atom. The Morgan fingerprint density at radius 2 is 2.10 bits per heavy atom. The zero-order valence-corrected chi connectivity index (χ0v) is 13.0. The van der Waals surface area contributed by atoms with Gasteiger partial charge in [0.05, 0.1) is 23.9 Å². The highest BCUT2D eigenvalue weighted by atomic mass is 35.5. The van der Waals surface area contributed by atoms with E-state index in [0.29, 0.717) is 12.8 Å². The third-order valence-electron chi connectivity index (χ3n) is 2.56. The van der Waals surface area contributed by atoms with Crippen LogP contribution in [0.5, 0.6) is 5.75 Å². The summed E-state index contributed by atoms with van der Waals surface area (Å²) in [5, 5.41) is 0.0660. The van der Waals surface area contributed by atoms with Crippen LogP contribution in [-0.4, -0.2) is 32.8 Å². The van der Waals surface area contributed by atoms with E-state index in [0.717, 1.165) is 6.07 Å². The first kappa shape index (κ1) is 17.2. The van der Waals surface area contributed by atoms with Gasteiger partial charge in [-0.2, -0.15) is 0 Å². The molecule has 0 aliphatic rings. The molecule has 114 valence electrons. The number of anilines is 1. The van der Waals surface area contributed by atoms with Gasteiger partial charge in [-0.25, -0.2) is 4.39 Å². The Kier molecular flexibility index (Phi) is 6.76. The lowest BCUT2D eigenvalue weighted by Crippen LogP contribution is -2.08. The van der Waals surface area contributed by atoms with E-state index in [1.54, 1.807) is 6.92 Å². The minimum Gasteiger partial charge on any atom is -0.482 e. The van der Waals surface area contributed by atoms with Crippen molar-refractivity contribution in [2.45, 2.75) is 6.92 Å². The van der Waals surface area contributed by atoms with E-state index in [2.05, 4.69) is 0 Å². The van der Waals surface area contributed by atoms with Gasteiger partial charge in [-0.05, 0) is 6.07 Å². The predicted octanol–water partition coefficient (Wildman–Crippen LogP) is 3.36. The van der Waals surface area contributed by atoms with Gasteiger partial charge < -0.3 is 19.7 Å². The van der Waals surface area contributed by atoms with E-state index in [1.165, 1.54) is 13.2 Å². The number of rotatable bonds is 8. The molecule has 0 heterocycles. The molecule has 0 aliphatic heterocycles. The molecule has 1 rings (SSSR count). The lowest BCUT2D eigenvalue weighted by molar-refractivity contribution is 0.145. The minimum absolute atomic E-state index is 0.0660.